The molecule has 1 fully saturated rings. The van der Waals surface area contributed by atoms with Gasteiger partial charge in [0.1, 0.15) is 17.5 Å². The van der Waals surface area contributed by atoms with Crippen LogP contribution in [0.1, 0.15) is 41.4 Å². The van der Waals surface area contributed by atoms with E-state index in [1.165, 1.54) is 6.07 Å². The van der Waals surface area contributed by atoms with Crippen molar-refractivity contribution in [3.63, 3.8) is 0 Å². The van der Waals surface area contributed by atoms with Crippen LogP contribution >= 0.6 is 0 Å². The Hall–Kier alpha value is -2.08. The van der Waals surface area contributed by atoms with E-state index in [9.17, 15) is 13.6 Å². The van der Waals surface area contributed by atoms with Gasteiger partial charge in [0.15, 0.2) is 0 Å². The molecule has 1 aromatic carbocycles. The van der Waals surface area contributed by atoms with Gasteiger partial charge in [0.05, 0.1) is 11.3 Å². The normalized spacial score (nSPS) is 18.0. The van der Waals surface area contributed by atoms with Crippen LogP contribution in [0.3, 0.4) is 0 Å². The van der Waals surface area contributed by atoms with E-state index in [-0.39, 0.29) is 12.1 Å². The minimum Gasteiger partial charge on any atom is -0.310 e. The fourth-order valence-corrected chi connectivity index (χ4v) is 3.09. The van der Waals surface area contributed by atoms with Gasteiger partial charge < -0.3 is 4.98 Å². The molecule has 1 aliphatic heterocycles. The van der Waals surface area contributed by atoms with Crippen molar-refractivity contribution in [3.05, 3.63) is 62.8 Å². The molecule has 1 aliphatic carbocycles. The molecule has 1 saturated carbocycles. The Balaban J connectivity index is 1.56. The van der Waals surface area contributed by atoms with E-state index in [2.05, 4.69) is 9.97 Å². The maximum atomic E-state index is 13.8. The minimum absolute atomic E-state index is 0.0960. The zero-order chi connectivity index (χ0) is 16.0. The SMILES string of the molecule is O=c1[nH]c(C2CC2)nc2c1CN(Cc1cc(F)ccc1F)CC2. The van der Waals surface area contributed by atoms with Crippen molar-refractivity contribution in [2.75, 3.05) is 6.54 Å². The molecule has 0 amide bonds. The lowest BCUT2D eigenvalue weighted by molar-refractivity contribution is 0.238. The molecule has 0 bridgehead atoms. The second-order valence-electron chi connectivity index (χ2n) is 6.35. The van der Waals surface area contributed by atoms with Crippen molar-refractivity contribution < 1.29 is 8.78 Å². The average molecular weight is 317 g/mol. The molecule has 23 heavy (non-hydrogen) atoms. The van der Waals surface area contributed by atoms with E-state index >= 15 is 0 Å². The van der Waals surface area contributed by atoms with Gasteiger partial charge in [0.25, 0.3) is 5.56 Å². The van der Waals surface area contributed by atoms with Crippen LogP contribution in [0, 0.1) is 11.6 Å². The predicted octanol–water partition coefficient (Wildman–Crippen LogP) is 2.48. The fourth-order valence-electron chi connectivity index (χ4n) is 3.09. The first kappa shape index (κ1) is 14.5. The Labute approximate surface area is 132 Å². The average Bonchev–Trinajstić information content (AvgIpc) is 3.36. The summed E-state index contributed by atoms with van der Waals surface area (Å²) in [7, 11) is 0. The lowest BCUT2D eigenvalue weighted by Crippen LogP contribution is -2.36. The van der Waals surface area contributed by atoms with Crippen molar-refractivity contribution >= 4 is 0 Å². The summed E-state index contributed by atoms with van der Waals surface area (Å²) in [4.78, 5) is 21.7. The molecular formula is C17H17F2N3O. The Morgan fingerprint density at radius 3 is 2.91 bits per heavy atom. The molecule has 4 rings (SSSR count). The highest BCUT2D eigenvalue weighted by Crippen LogP contribution is 2.37. The summed E-state index contributed by atoms with van der Waals surface area (Å²) < 4.78 is 27.1. The van der Waals surface area contributed by atoms with Gasteiger partial charge in [0, 0.05) is 37.5 Å². The van der Waals surface area contributed by atoms with Crippen molar-refractivity contribution in [1.82, 2.24) is 14.9 Å². The number of fused-ring (bicyclic) bond motifs is 1. The molecule has 0 spiro atoms. The topological polar surface area (TPSA) is 49.0 Å². The van der Waals surface area contributed by atoms with Gasteiger partial charge in [-0.15, -0.1) is 0 Å². The molecule has 0 radical (unpaired) electrons. The molecule has 0 saturated heterocycles. The number of halogens is 2. The van der Waals surface area contributed by atoms with E-state index < -0.39 is 11.6 Å². The maximum Gasteiger partial charge on any atom is 0.255 e. The molecule has 6 heteroatoms. The van der Waals surface area contributed by atoms with Crippen molar-refractivity contribution in [2.24, 2.45) is 0 Å². The second kappa shape index (κ2) is 5.53. The molecule has 0 atom stereocenters. The fraction of sp³-hybridized carbons (Fsp3) is 0.412. The number of H-pyrrole nitrogens is 1. The van der Waals surface area contributed by atoms with Gasteiger partial charge in [-0.1, -0.05) is 0 Å². The zero-order valence-electron chi connectivity index (χ0n) is 12.6. The summed E-state index contributed by atoms with van der Waals surface area (Å²) in [6.45, 7) is 1.38. The molecule has 1 N–H and O–H groups in total. The molecule has 1 aromatic heterocycles. The maximum absolute atomic E-state index is 13.8. The summed E-state index contributed by atoms with van der Waals surface area (Å²) in [5, 5.41) is 0. The van der Waals surface area contributed by atoms with Gasteiger partial charge in [-0.3, -0.25) is 9.69 Å². The van der Waals surface area contributed by atoms with Crippen LogP contribution in [-0.2, 0) is 19.5 Å². The molecule has 4 nitrogen and oxygen atoms in total. The van der Waals surface area contributed by atoms with Crippen LogP contribution in [-0.4, -0.2) is 21.4 Å². The first-order chi connectivity index (χ1) is 11.1. The van der Waals surface area contributed by atoms with Gasteiger partial charge in [-0.05, 0) is 31.0 Å². The van der Waals surface area contributed by atoms with Crippen molar-refractivity contribution in [3.8, 4) is 0 Å². The Morgan fingerprint density at radius 1 is 1.30 bits per heavy atom. The van der Waals surface area contributed by atoms with Crippen LogP contribution in [0.25, 0.3) is 0 Å². The van der Waals surface area contributed by atoms with Gasteiger partial charge in [-0.25, -0.2) is 13.8 Å². The number of rotatable bonds is 3. The van der Waals surface area contributed by atoms with Crippen LogP contribution in [0.4, 0.5) is 8.78 Å². The number of aromatic amines is 1. The predicted molar refractivity (Wildman–Crippen MR) is 81.0 cm³/mol. The first-order valence-electron chi connectivity index (χ1n) is 7.88. The van der Waals surface area contributed by atoms with E-state index in [0.29, 0.717) is 36.6 Å². The number of benzene rings is 1. The molecular weight excluding hydrogens is 300 g/mol. The number of nitrogens with one attached hydrogen (secondary N) is 1. The van der Waals surface area contributed by atoms with Gasteiger partial charge in [-0.2, -0.15) is 0 Å². The minimum atomic E-state index is -0.451. The Morgan fingerprint density at radius 2 is 2.13 bits per heavy atom. The van der Waals surface area contributed by atoms with Crippen LogP contribution in [0.5, 0.6) is 0 Å². The molecule has 0 unspecified atom stereocenters. The molecule has 2 aliphatic rings. The number of nitrogens with zero attached hydrogens (tertiary/aromatic N) is 2. The Bertz CT molecular complexity index is 814. The van der Waals surface area contributed by atoms with E-state index in [1.54, 1.807) is 0 Å². The summed E-state index contributed by atoms with van der Waals surface area (Å²) >= 11 is 0. The quantitative estimate of drug-likeness (QED) is 0.946. The summed E-state index contributed by atoms with van der Waals surface area (Å²) in [6.07, 6.45) is 2.84. The number of hydrogen-bond acceptors (Lipinski definition) is 3. The monoisotopic (exact) mass is 317 g/mol. The van der Waals surface area contributed by atoms with Crippen LogP contribution in [0.15, 0.2) is 23.0 Å². The zero-order valence-corrected chi connectivity index (χ0v) is 12.6. The highest BCUT2D eigenvalue weighted by molar-refractivity contribution is 5.24. The molecule has 120 valence electrons. The lowest BCUT2D eigenvalue weighted by atomic mass is 10.1. The number of aromatic nitrogens is 2. The standard InChI is InChI=1S/C17H17F2N3O/c18-12-3-4-14(19)11(7-12)8-22-6-5-15-13(9-22)17(23)21-16(20-15)10-1-2-10/h3-4,7,10H,1-2,5-6,8-9H2,(H,20,21,23). The lowest BCUT2D eigenvalue weighted by Gasteiger charge is -2.27. The third-order valence-electron chi connectivity index (χ3n) is 4.53. The van der Waals surface area contributed by atoms with Gasteiger partial charge in [0.2, 0.25) is 0 Å². The van der Waals surface area contributed by atoms with Crippen molar-refractivity contribution in [1.29, 1.82) is 0 Å². The summed E-state index contributed by atoms with van der Waals surface area (Å²) in [5.74, 6) is 0.339. The van der Waals surface area contributed by atoms with Crippen molar-refractivity contribution in [2.45, 2.75) is 38.3 Å². The van der Waals surface area contributed by atoms with Crippen LogP contribution < -0.4 is 5.56 Å². The third kappa shape index (κ3) is 2.91. The summed E-state index contributed by atoms with van der Waals surface area (Å²) in [5.41, 5.74) is 1.72. The second-order valence-corrected chi connectivity index (χ2v) is 6.35. The van der Waals surface area contributed by atoms with E-state index in [4.69, 9.17) is 0 Å². The highest BCUT2D eigenvalue weighted by Gasteiger charge is 2.29. The molecule has 2 aromatic rings. The molecule has 2 heterocycles. The highest BCUT2D eigenvalue weighted by atomic mass is 19.1. The van der Waals surface area contributed by atoms with Gasteiger partial charge >= 0.3 is 0 Å². The van der Waals surface area contributed by atoms with Crippen LogP contribution in [0.2, 0.25) is 0 Å². The first-order valence-corrected chi connectivity index (χ1v) is 7.88. The summed E-state index contributed by atoms with van der Waals surface area (Å²) in [6, 6.07) is 3.46. The largest absolute Gasteiger partial charge is 0.310 e. The van der Waals surface area contributed by atoms with E-state index in [1.807, 2.05) is 4.90 Å². The third-order valence-corrected chi connectivity index (χ3v) is 4.53. The Kier molecular flexibility index (Phi) is 3.49. The number of hydrogen-bond donors (Lipinski definition) is 1. The smallest absolute Gasteiger partial charge is 0.255 e. The van der Waals surface area contributed by atoms with E-state index in [0.717, 1.165) is 36.5 Å².